The lowest BCUT2D eigenvalue weighted by atomic mass is 10.1. The van der Waals surface area contributed by atoms with Crippen LogP contribution in [0.3, 0.4) is 0 Å². The van der Waals surface area contributed by atoms with Crippen molar-refractivity contribution in [2.45, 2.75) is 40.7 Å². The third-order valence-electron chi connectivity index (χ3n) is 6.23. The maximum atomic E-state index is 12.4. The third kappa shape index (κ3) is 6.01. The highest BCUT2D eigenvalue weighted by Gasteiger charge is 2.12. The van der Waals surface area contributed by atoms with E-state index in [0.29, 0.717) is 26.1 Å². The fraction of sp³-hybridized carbons (Fsp3) is 0.310. The Morgan fingerprint density at radius 2 is 1.74 bits per heavy atom. The molecule has 6 heteroatoms. The first-order valence-electron chi connectivity index (χ1n) is 12.0. The SMILES string of the molecule is Cc1ccc(C)c(OCC(=O)NCCc2nc3ccccc3n2CCOc2cccc(C)c2C)c1. The molecule has 0 fully saturated rings. The summed E-state index contributed by atoms with van der Waals surface area (Å²) in [4.78, 5) is 17.2. The summed E-state index contributed by atoms with van der Waals surface area (Å²) >= 11 is 0. The van der Waals surface area contributed by atoms with Crippen molar-refractivity contribution < 1.29 is 14.3 Å². The van der Waals surface area contributed by atoms with Crippen LogP contribution in [0.15, 0.2) is 60.7 Å². The highest BCUT2D eigenvalue weighted by Crippen LogP contribution is 2.22. The van der Waals surface area contributed by atoms with Crippen LogP contribution in [0.1, 0.15) is 28.1 Å². The Bertz CT molecular complexity index is 1330. The second-order valence-corrected chi connectivity index (χ2v) is 8.87. The minimum atomic E-state index is -0.146. The average Bonchev–Trinajstić information content (AvgIpc) is 3.19. The second kappa shape index (κ2) is 11.1. The maximum absolute atomic E-state index is 12.4. The van der Waals surface area contributed by atoms with Gasteiger partial charge in [-0.25, -0.2) is 4.98 Å². The molecular weight excluding hydrogens is 438 g/mol. The van der Waals surface area contributed by atoms with Gasteiger partial charge >= 0.3 is 0 Å². The summed E-state index contributed by atoms with van der Waals surface area (Å²) in [5, 5.41) is 2.95. The largest absolute Gasteiger partial charge is 0.491 e. The van der Waals surface area contributed by atoms with Gasteiger partial charge in [0.05, 0.1) is 17.6 Å². The highest BCUT2D eigenvalue weighted by atomic mass is 16.5. The Morgan fingerprint density at radius 1 is 0.914 bits per heavy atom. The van der Waals surface area contributed by atoms with Gasteiger partial charge in [0.2, 0.25) is 0 Å². The number of aromatic nitrogens is 2. The number of fused-ring (bicyclic) bond motifs is 1. The van der Waals surface area contributed by atoms with Crippen molar-refractivity contribution in [3.05, 3.63) is 88.7 Å². The molecule has 1 amide bonds. The standard InChI is InChI=1S/C29H33N3O3/c1-20-12-13-22(3)27(18-20)35-19-29(33)30-15-14-28-31-24-9-5-6-10-25(24)32(28)16-17-34-26-11-7-8-21(2)23(26)4/h5-13,18H,14-17,19H2,1-4H3,(H,30,33). The predicted octanol–water partition coefficient (Wildman–Crippen LogP) is 5.09. The van der Waals surface area contributed by atoms with Gasteiger partial charge in [0.25, 0.3) is 5.91 Å². The number of hydrogen-bond donors (Lipinski definition) is 1. The number of nitrogens with zero attached hydrogens (tertiary/aromatic N) is 2. The minimum absolute atomic E-state index is 0.00953. The van der Waals surface area contributed by atoms with Crippen LogP contribution in [-0.4, -0.2) is 35.2 Å². The second-order valence-electron chi connectivity index (χ2n) is 8.87. The molecule has 0 unspecified atom stereocenters. The van der Waals surface area contributed by atoms with Crippen LogP contribution in [0.4, 0.5) is 0 Å². The smallest absolute Gasteiger partial charge is 0.257 e. The summed E-state index contributed by atoms with van der Waals surface area (Å²) in [5.41, 5.74) is 6.50. The highest BCUT2D eigenvalue weighted by molar-refractivity contribution is 5.78. The van der Waals surface area contributed by atoms with Crippen molar-refractivity contribution in [3.8, 4) is 11.5 Å². The zero-order valence-corrected chi connectivity index (χ0v) is 20.9. The van der Waals surface area contributed by atoms with Crippen LogP contribution in [0.5, 0.6) is 11.5 Å². The monoisotopic (exact) mass is 471 g/mol. The van der Waals surface area contributed by atoms with Crippen molar-refractivity contribution in [1.29, 1.82) is 0 Å². The van der Waals surface area contributed by atoms with Gasteiger partial charge < -0.3 is 19.4 Å². The Labute approximate surface area is 206 Å². The first-order valence-corrected chi connectivity index (χ1v) is 12.0. The van der Waals surface area contributed by atoms with Gasteiger partial charge in [0.1, 0.15) is 23.9 Å². The van der Waals surface area contributed by atoms with Crippen molar-refractivity contribution in [1.82, 2.24) is 14.9 Å². The number of aryl methyl sites for hydroxylation is 3. The molecule has 3 aromatic carbocycles. The summed E-state index contributed by atoms with van der Waals surface area (Å²) in [6.45, 7) is 9.83. The van der Waals surface area contributed by atoms with Crippen LogP contribution in [0.25, 0.3) is 11.0 Å². The van der Waals surface area contributed by atoms with Crippen molar-refractivity contribution in [2.75, 3.05) is 19.8 Å². The number of nitrogens with one attached hydrogen (secondary N) is 1. The number of amides is 1. The number of carbonyl (C=O) groups excluding carboxylic acids is 1. The lowest BCUT2D eigenvalue weighted by Gasteiger charge is -2.14. The Morgan fingerprint density at radius 3 is 2.60 bits per heavy atom. The van der Waals surface area contributed by atoms with E-state index in [9.17, 15) is 4.79 Å². The lowest BCUT2D eigenvalue weighted by Crippen LogP contribution is -2.31. The zero-order chi connectivity index (χ0) is 24.8. The summed E-state index contributed by atoms with van der Waals surface area (Å²) in [7, 11) is 0. The first-order chi connectivity index (χ1) is 16.9. The van der Waals surface area contributed by atoms with E-state index in [1.807, 2.05) is 62.4 Å². The molecule has 0 radical (unpaired) electrons. The quantitative estimate of drug-likeness (QED) is 0.350. The summed E-state index contributed by atoms with van der Waals surface area (Å²) in [5.74, 6) is 2.43. The molecule has 182 valence electrons. The van der Waals surface area contributed by atoms with Crippen molar-refractivity contribution >= 4 is 16.9 Å². The van der Waals surface area contributed by atoms with E-state index in [1.54, 1.807) is 0 Å². The molecule has 4 aromatic rings. The number of hydrogen-bond acceptors (Lipinski definition) is 4. The molecular formula is C29H33N3O3. The van der Waals surface area contributed by atoms with Gasteiger partial charge in [-0.2, -0.15) is 0 Å². The third-order valence-corrected chi connectivity index (χ3v) is 6.23. The van der Waals surface area contributed by atoms with Crippen LogP contribution in [0, 0.1) is 27.7 Å². The van der Waals surface area contributed by atoms with Gasteiger partial charge in [-0.15, -0.1) is 0 Å². The maximum Gasteiger partial charge on any atom is 0.257 e. The molecule has 0 atom stereocenters. The van der Waals surface area contributed by atoms with Crippen molar-refractivity contribution in [3.63, 3.8) is 0 Å². The van der Waals surface area contributed by atoms with Crippen LogP contribution < -0.4 is 14.8 Å². The average molecular weight is 472 g/mol. The summed E-state index contributed by atoms with van der Waals surface area (Å²) in [6, 6.07) is 20.2. The normalized spacial score (nSPS) is 11.0. The van der Waals surface area contributed by atoms with E-state index in [1.165, 1.54) is 5.56 Å². The molecule has 0 aliphatic carbocycles. The number of benzene rings is 3. The van der Waals surface area contributed by atoms with Gasteiger partial charge in [0.15, 0.2) is 6.61 Å². The number of ether oxygens (including phenoxy) is 2. The van der Waals surface area contributed by atoms with E-state index in [-0.39, 0.29) is 12.5 Å². The van der Waals surface area contributed by atoms with E-state index >= 15 is 0 Å². The number of imidazole rings is 1. The summed E-state index contributed by atoms with van der Waals surface area (Å²) in [6.07, 6.45) is 0.618. The molecule has 0 saturated heterocycles. The van der Waals surface area contributed by atoms with E-state index < -0.39 is 0 Å². The van der Waals surface area contributed by atoms with Gasteiger partial charge in [-0.3, -0.25) is 4.79 Å². The molecule has 1 aromatic heterocycles. The number of rotatable bonds is 10. The van der Waals surface area contributed by atoms with Gasteiger partial charge in [0, 0.05) is 13.0 Å². The zero-order valence-electron chi connectivity index (χ0n) is 20.9. The molecule has 4 rings (SSSR count). The molecule has 0 spiro atoms. The fourth-order valence-corrected chi connectivity index (χ4v) is 4.06. The molecule has 1 heterocycles. The molecule has 6 nitrogen and oxygen atoms in total. The van der Waals surface area contributed by atoms with Gasteiger partial charge in [-0.05, 0) is 74.2 Å². The van der Waals surface area contributed by atoms with E-state index in [2.05, 4.69) is 35.9 Å². The minimum Gasteiger partial charge on any atom is -0.491 e. The molecule has 0 bridgehead atoms. The molecule has 0 aliphatic rings. The lowest BCUT2D eigenvalue weighted by molar-refractivity contribution is -0.123. The van der Waals surface area contributed by atoms with E-state index in [0.717, 1.165) is 45.0 Å². The molecule has 35 heavy (non-hydrogen) atoms. The molecule has 0 aliphatic heterocycles. The Kier molecular flexibility index (Phi) is 7.70. The molecule has 1 N–H and O–H groups in total. The Hall–Kier alpha value is -3.80. The van der Waals surface area contributed by atoms with Gasteiger partial charge in [-0.1, -0.05) is 36.4 Å². The number of para-hydroxylation sites is 2. The predicted molar refractivity (Wildman–Crippen MR) is 139 cm³/mol. The molecule has 0 saturated carbocycles. The van der Waals surface area contributed by atoms with Crippen LogP contribution >= 0.6 is 0 Å². The topological polar surface area (TPSA) is 65.4 Å². The van der Waals surface area contributed by atoms with Crippen LogP contribution in [-0.2, 0) is 17.8 Å². The van der Waals surface area contributed by atoms with E-state index in [4.69, 9.17) is 14.5 Å². The first kappa shape index (κ1) is 24.3. The van der Waals surface area contributed by atoms with Crippen molar-refractivity contribution in [2.24, 2.45) is 0 Å². The fourth-order valence-electron chi connectivity index (χ4n) is 4.06. The van der Waals surface area contributed by atoms with Crippen LogP contribution in [0.2, 0.25) is 0 Å². The summed E-state index contributed by atoms with van der Waals surface area (Å²) < 4.78 is 14.0. The number of carbonyl (C=O) groups is 1. The Balaban J connectivity index is 1.35.